The SMILES string of the molecule is COc1cccc(COC[C@@H](O)CN2C(=O)N[C@](C)(c3cccc4ccccc34)C2=O)c1. The molecule has 3 aromatic carbocycles. The first-order valence-corrected chi connectivity index (χ1v) is 10.4. The van der Waals surface area contributed by atoms with Gasteiger partial charge in [-0.1, -0.05) is 54.6 Å². The third-order valence-corrected chi connectivity index (χ3v) is 5.71. The number of fused-ring (bicyclic) bond motifs is 1. The molecule has 1 aliphatic rings. The van der Waals surface area contributed by atoms with Gasteiger partial charge in [-0.05, 0) is 41.0 Å². The number of nitrogens with zero attached hydrogens (tertiary/aromatic N) is 1. The van der Waals surface area contributed by atoms with Gasteiger partial charge in [0.25, 0.3) is 5.91 Å². The third-order valence-electron chi connectivity index (χ3n) is 5.71. The number of hydrogen-bond acceptors (Lipinski definition) is 5. The molecule has 2 atom stereocenters. The molecule has 32 heavy (non-hydrogen) atoms. The summed E-state index contributed by atoms with van der Waals surface area (Å²) in [6.45, 7) is 1.81. The van der Waals surface area contributed by atoms with E-state index in [4.69, 9.17) is 9.47 Å². The highest BCUT2D eigenvalue weighted by atomic mass is 16.5. The average molecular weight is 434 g/mol. The van der Waals surface area contributed by atoms with Crippen LogP contribution in [-0.4, -0.2) is 48.3 Å². The second kappa shape index (κ2) is 8.98. The lowest BCUT2D eigenvalue weighted by atomic mass is 9.88. The summed E-state index contributed by atoms with van der Waals surface area (Å²) in [7, 11) is 1.59. The first-order chi connectivity index (χ1) is 15.4. The van der Waals surface area contributed by atoms with Crippen LogP contribution in [0.4, 0.5) is 4.79 Å². The van der Waals surface area contributed by atoms with Gasteiger partial charge in [-0.3, -0.25) is 9.69 Å². The van der Waals surface area contributed by atoms with Crippen molar-refractivity contribution in [2.75, 3.05) is 20.3 Å². The summed E-state index contributed by atoms with van der Waals surface area (Å²) in [4.78, 5) is 27.0. The molecule has 3 amide bonds. The van der Waals surface area contributed by atoms with Gasteiger partial charge in [0.1, 0.15) is 11.3 Å². The van der Waals surface area contributed by atoms with Crippen LogP contribution in [0.25, 0.3) is 10.8 Å². The topological polar surface area (TPSA) is 88.1 Å². The number of benzene rings is 3. The lowest BCUT2D eigenvalue weighted by molar-refractivity contribution is -0.132. The molecule has 1 fully saturated rings. The van der Waals surface area contributed by atoms with Crippen molar-refractivity contribution in [1.82, 2.24) is 10.2 Å². The lowest BCUT2D eigenvalue weighted by Crippen LogP contribution is -2.42. The Bertz CT molecular complexity index is 1140. The second-order valence-corrected chi connectivity index (χ2v) is 8.02. The summed E-state index contributed by atoms with van der Waals surface area (Å²) < 4.78 is 10.8. The number of carbonyl (C=O) groups excluding carboxylic acids is 2. The van der Waals surface area contributed by atoms with Crippen molar-refractivity contribution < 1.29 is 24.2 Å². The van der Waals surface area contributed by atoms with Gasteiger partial charge in [-0.25, -0.2) is 4.79 Å². The van der Waals surface area contributed by atoms with Gasteiger partial charge < -0.3 is 19.9 Å². The fourth-order valence-corrected chi connectivity index (χ4v) is 4.05. The minimum Gasteiger partial charge on any atom is -0.497 e. The number of β-amino-alcohol motifs (C(OH)–C–C–N with tert-alkyl or cyclic N) is 1. The normalized spacial score (nSPS) is 19.3. The van der Waals surface area contributed by atoms with E-state index < -0.39 is 23.6 Å². The quantitative estimate of drug-likeness (QED) is 0.532. The summed E-state index contributed by atoms with van der Waals surface area (Å²) in [5.41, 5.74) is 0.411. The molecule has 1 aliphatic heterocycles. The first kappa shape index (κ1) is 21.8. The number of imide groups is 1. The van der Waals surface area contributed by atoms with Gasteiger partial charge >= 0.3 is 6.03 Å². The van der Waals surface area contributed by atoms with Crippen molar-refractivity contribution in [3.05, 3.63) is 77.9 Å². The van der Waals surface area contributed by atoms with E-state index in [9.17, 15) is 14.7 Å². The van der Waals surface area contributed by atoms with Crippen LogP contribution < -0.4 is 10.1 Å². The van der Waals surface area contributed by atoms with E-state index in [2.05, 4.69) is 5.32 Å². The summed E-state index contributed by atoms with van der Waals surface area (Å²) in [5, 5.41) is 15.1. The zero-order valence-electron chi connectivity index (χ0n) is 18.1. The van der Waals surface area contributed by atoms with Gasteiger partial charge in [0.15, 0.2) is 0 Å². The average Bonchev–Trinajstić information content (AvgIpc) is 3.02. The maximum Gasteiger partial charge on any atom is 0.325 e. The van der Waals surface area contributed by atoms with E-state index in [-0.39, 0.29) is 19.8 Å². The zero-order valence-corrected chi connectivity index (χ0v) is 18.1. The number of aliphatic hydroxyl groups excluding tert-OH is 1. The molecule has 1 heterocycles. The smallest absolute Gasteiger partial charge is 0.325 e. The number of rotatable bonds is 8. The Kier molecular flexibility index (Phi) is 6.12. The summed E-state index contributed by atoms with van der Waals surface area (Å²) in [5.74, 6) is 0.324. The number of amides is 3. The fourth-order valence-electron chi connectivity index (χ4n) is 4.05. The Balaban J connectivity index is 1.42. The van der Waals surface area contributed by atoms with Crippen LogP contribution in [-0.2, 0) is 21.7 Å². The van der Waals surface area contributed by atoms with Crippen molar-refractivity contribution in [2.24, 2.45) is 0 Å². The number of urea groups is 1. The zero-order chi connectivity index (χ0) is 22.7. The van der Waals surface area contributed by atoms with Crippen molar-refractivity contribution >= 4 is 22.7 Å². The number of hydrogen-bond donors (Lipinski definition) is 2. The summed E-state index contributed by atoms with van der Waals surface area (Å²) in [6, 6.07) is 20.3. The van der Waals surface area contributed by atoms with Gasteiger partial charge in [-0.2, -0.15) is 0 Å². The summed E-state index contributed by atoms with van der Waals surface area (Å²) >= 11 is 0. The number of ether oxygens (including phenoxy) is 2. The van der Waals surface area contributed by atoms with E-state index in [1.165, 1.54) is 0 Å². The molecule has 0 bridgehead atoms. The Morgan fingerprint density at radius 2 is 1.81 bits per heavy atom. The highest BCUT2D eigenvalue weighted by molar-refractivity contribution is 6.09. The molecule has 1 saturated heterocycles. The monoisotopic (exact) mass is 434 g/mol. The molecular weight excluding hydrogens is 408 g/mol. The molecular formula is C25H26N2O5. The maximum atomic E-state index is 13.3. The van der Waals surface area contributed by atoms with Crippen LogP contribution in [0.1, 0.15) is 18.1 Å². The van der Waals surface area contributed by atoms with E-state index in [1.54, 1.807) is 14.0 Å². The molecule has 0 aliphatic carbocycles. The van der Waals surface area contributed by atoms with Crippen LogP contribution in [0.5, 0.6) is 5.75 Å². The maximum absolute atomic E-state index is 13.3. The highest BCUT2D eigenvalue weighted by Crippen LogP contribution is 2.33. The predicted molar refractivity (Wildman–Crippen MR) is 120 cm³/mol. The molecule has 2 N–H and O–H groups in total. The number of aliphatic hydroxyl groups is 1. The Labute approximate surface area is 186 Å². The summed E-state index contributed by atoms with van der Waals surface area (Å²) in [6.07, 6.45) is -1.01. The number of carbonyl (C=O) groups is 2. The van der Waals surface area contributed by atoms with Crippen LogP contribution in [0.2, 0.25) is 0 Å². The van der Waals surface area contributed by atoms with Gasteiger partial charge in [0.2, 0.25) is 0 Å². The van der Waals surface area contributed by atoms with E-state index >= 15 is 0 Å². The van der Waals surface area contributed by atoms with Gasteiger partial charge in [0.05, 0.1) is 33.0 Å². The molecule has 7 nitrogen and oxygen atoms in total. The lowest BCUT2D eigenvalue weighted by Gasteiger charge is -2.24. The van der Waals surface area contributed by atoms with Crippen molar-refractivity contribution in [3.8, 4) is 5.75 Å². The molecule has 0 aromatic heterocycles. The third kappa shape index (κ3) is 4.17. The molecule has 4 rings (SSSR count). The largest absolute Gasteiger partial charge is 0.497 e. The Hall–Kier alpha value is -3.42. The van der Waals surface area contributed by atoms with Gasteiger partial charge in [0, 0.05) is 0 Å². The molecule has 3 aromatic rings. The standard InChI is InChI=1S/C25H26N2O5/c1-25(22-12-6-9-18-8-3-4-11-21(18)22)23(29)27(24(30)26-25)14-19(28)16-32-15-17-7-5-10-20(13-17)31-2/h3-13,19,28H,14-16H2,1-2H3,(H,26,30)/t19-,25+/m0/s1. The van der Waals surface area contributed by atoms with Crippen LogP contribution in [0.3, 0.4) is 0 Å². The molecule has 166 valence electrons. The predicted octanol–water partition coefficient (Wildman–Crippen LogP) is 3.19. The van der Waals surface area contributed by atoms with Crippen LogP contribution in [0.15, 0.2) is 66.7 Å². The van der Waals surface area contributed by atoms with Crippen molar-refractivity contribution in [2.45, 2.75) is 25.2 Å². The molecule has 0 saturated carbocycles. The second-order valence-electron chi connectivity index (χ2n) is 8.02. The van der Waals surface area contributed by atoms with Crippen molar-refractivity contribution in [3.63, 3.8) is 0 Å². The highest BCUT2D eigenvalue weighted by Gasteiger charge is 2.49. The molecule has 0 spiro atoms. The van der Waals surface area contributed by atoms with E-state index in [0.29, 0.717) is 0 Å². The molecule has 0 radical (unpaired) electrons. The van der Waals surface area contributed by atoms with E-state index in [0.717, 1.165) is 32.5 Å². The Morgan fingerprint density at radius 1 is 1.06 bits per heavy atom. The first-order valence-electron chi connectivity index (χ1n) is 10.4. The van der Waals surface area contributed by atoms with Crippen LogP contribution >= 0.6 is 0 Å². The fraction of sp³-hybridized carbons (Fsp3) is 0.280. The van der Waals surface area contributed by atoms with Crippen LogP contribution in [0, 0.1) is 0 Å². The minimum atomic E-state index is -1.21. The molecule has 0 unspecified atom stereocenters. The number of methoxy groups -OCH3 is 1. The number of nitrogens with one attached hydrogen (secondary N) is 1. The minimum absolute atomic E-state index is 0.0146. The Morgan fingerprint density at radius 3 is 2.62 bits per heavy atom. The van der Waals surface area contributed by atoms with Gasteiger partial charge in [-0.15, -0.1) is 0 Å². The van der Waals surface area contributed by atoms with E-state index in [1.807, 2.05) is 66.7 Å². The van der Waals surface area contributed by atoms with Crippen molar-refractivity contribution in [1.29, 1.82) is 0 Å². The molecule has 7 heteroatoms.